The fourth-order valence-electron chi connectivity index (χ4n) is 1.12. The molecular formula is C8H12N6Pt. The quantitative estimate of drug-likeness (QED) is 0.360. The van der Waals surface area contributed by atoms with Crippen LogP contribution in [0.15, 0.2) is 24.3 Å². The molecule has 0 atom stereocenters. The Morgan fingerprint density at radius 2 is 1.53 bits per heavy atom. The molecule has 0 radical (unpaired) electrons. The number of benzene rings is 1. The number of hydrazine groups is 1. The van der Waals surface area contributed by atoms with Gasteiger partial charge in [-0.25, -0.2) is 4.98 Å². The Kier molecular flexibility index (Phi) is 5.77. The van der Waals surface area contributed by atoms with Gasteiger partial charge in [0.25, 0.3) is 0 Å². The van der Waals surface area contributed by atoms with E-state index < -0.39 is 0 Å². The first-order valence-corrected chi connectivity index (χ1v) is 3.88. The van der Waals surface area contributed by atoms with E-state index in [2.05, 4.69) is 21.7 Å². The van der Waals surface area contributed by atoms with Gasteiger partial charge in [-0.3, -0.25) is 11.7 Å². The van der Waals surface area contributed by atoms with Crippen LogP contribution in [0.2, 0.25) is 0 Å². The Bertz CT molecular complexity index is 432. The van der Waals surface area contributed by atoms with Crippen molar-refractivity contribution in [2.24, 2.45) is 11.7 Å². The Morgan fingerprint density at radius 1 is 0.933 bits per heavy atom. The molecule has 0 aliphatic carbocycles. The molecule has 6 nitrogen and oxygen atoms in total. The van der Waals surface area contributed by atoms with Crippen LogP contribution in [0, 0.1) is 0 Å². The van der Waals surface area contributed by atoms with Crippen LogP contribution in [-0.2, 0) is 21.1 Å². The molecule has 1 aromatic carbocycles. The standard InChI is InChI=1S/C8H8N4.H4N2.Pt/c9-7-5-3-1-2-4-6(5)11-8(10)12-7;1-2;/h1-4H,(H4,9,10,11,12);1-2H2;. The van der Waals surface area contributed by atoms with Crippen LogP contribution in [0.1, 0.15) is 0 Å². The van der Waals surface area contributed by atoms with Gasteiger partial charge in [0.1, 0.15) is 5.82 Å². The molecule has 0 saturated carbocycles. The summed E-state index contributed by atoms with van der Waals surface area (Å²) in [6.45, 7) is 0. The van der Waals surface area contributed by atoms with Gasteiger partial charge in [0, 0.05) is 26.5 Å². The van der Waals surface area contributed by atoms with Crippen LogP contribution < -0.4 is 23.2 Å². The number of aromatic nitrogens is 2. The molecule has 2 aromatic rings. The van der Waals surface area contributed by atoms with Gasteiger partial charge in [0.15, 0.2) is 0 Å². The van der Waals surface area contributed by atoms with Crippen molar-refractivity contribution in [1.29, 1.82) is 0 Å². The predicted molar refractivity (Wildman–Crippen MR) is 56.7 cm³/mol. The number of anilines is 2. The number of para-hydroxylation sites is 1. The largest absolute Gasteiger partial charge is 0.383 e. The molecule has 84 valence electrons. The van der Waals surface area contributed by atoms with Crippen molar-refractivity contribution in [1.82, 2.24) is 9.97 Å². The molecule has 0 aliphatic rings. The average molecular weight is 387 g/mol. The van der Waals surface area contributed by atoms with Crippen LogP contribution in [0.3, 0.4) is 0 Å². The Morgan fingerprint density at radius 3 is 2.20 bits per heavy atom. The predicted octanol–water partition coefficient (Wildman–Crippen LogP) is -0.389. The minimum absolute atomic E-state index is 0. The van der Waals surface area contributed by atoms with Gasteiger partial charge in [-0.15, -0.1) is 0 Å². The van der Waals surface area contributed by atoms with Crippen LogP contribution in [0.4, 0.5) is 11.8 Å². The monoisotopic (exact) mass is 387 g/mol. The number of hydrogen-bond acceptors (Lipinski definition) is 6. The van der Waals surface area contributed by atoms with Crippen molar-refractivity contribution < 1.29 is 21.1 Å². The van der Waals surface area contributed by atoms with E-state index in [9.17, 15) is 0 Å². The number of nitrogen functional groups attached to an aromatic ring is 2. The Hall–Kier alpha value is -1.23. The van der Waals surface area contributed by atoms with Crippen molar-refractivity contribution in [2.75, 3.05) is 11.5 Å². The molecule has 1 heterocycles. The number of nitrogens with two attached hydrogens (primary N) is 4. The van der Waals surface area contributed by atoms with Gasteiger partial charge in [-0.05, 0) is 12.1 Å². The minimum atomic E-state index is 0. The Balaban J connectivity index is 0.000000617. The number of fused-ring (bicyclic) bond motifs is 1. The second-order valence-corrected chi connectivity index (χ2v) is 2.48. The molecule has 1 aromatic heterocycles. The maximum Gasteiger partial charge on any atom is 0.222 e. The Labute approximate surface area is 101 Å². The van der Waals surface area contributed by atoms with E-state index in [0.717, 1.165) is 10.9 Å². The first kappa shape index (κ1) is 13.8. The van der Waals surface area contributed by atoms with Gasteiger partial charge < -0.3 is 11.5 Å². The van der Waals surface area contributed by atoms with Crippen molar-refractivity contribution in [2.45, 2.75) is 0 Å². The minimum Gasteiger partial charge on any atom is -0.383 e. The van der Waals surface area contributed by atoms with Crippen LogP contribution in [0.25, 0.3) is 10.9 Å². The second kappa shape index (κ2) is 6.29. The molecular weight excluding hydrogens is 375 g/mol. The van der Waals surface area contributed by atoms with E-state index in [-0.39, 0.29) is 27.0 Å². The second-order valence-electron chi connectivity index (χ2n) is 2.48. The van der Waals surface area contributed by atoms with Gasteiger partial charge >= 0.3 is 0 Å². The molecule has 8 N–H and O–H groups in total. The van der Waals surface area contributed by atoms with Crippen molar-refractivity contribution in [3.05, 3.63) is 24.3 Å². The molecule has 15 heavy (non-hydrogen) atoms. The summed E-state index contributed by atoms with van der Waals surface area (Å²) >= 11 is 0. The summed E-state index contributed by atoms with van der Waals surface area (Å²) < 4.78 is 0. The first-order chi connectivity index (χ1) is 6.77. The third-order valence-corrected chi connectivity index (χ3v) is 1.65. The zero-order valence-corrected chi connectivity index (χ0v) is 10.1. The summed E-state index contributed by atoms with van der Waals surface area (Å²) in [5, 5.41) is 0.840. The molecule has 0 fully saturated rings. The zero-order valence-electron chi connectivity index (χ0n) is 7.83. The van der Waals surface area contributed by atoms with E-state index in [4.69, 9.17) is 11.5 Å². The van der Waals surface area contributed by atoms with E-state index >= 15 is 0 Å². The normalized spacial score (nSPS) is 8.67. The van der Waals surface area contributed by atoms with E-state index in [1.165, 1.54) is 0 Å². The molecule has 0 spiro atoms. The van der Waals surface area contributed by atoms with Crippen molar-refractivity contribution in [3.63, 3.8) is 0 Å². The summed E-state index contributed by atoms with van der Waals surface area (Å²) in [4.78, 5) is 7.87. The van der Waals surface area contributed by atoms with Gasteiger partial charge in [-0.1, -0.05) is 12.1 Å². The summed E-state index contributed by atoms with van der Waals surface area (Å²) in [7, 11) is 0. The summed E-state index contributed by atoms with van der Waals surface area (Å²) in [5.41, 5.74) is 11.8. The van der Waals surface area contributed by atoms with E-state index in [1.54, 1.807) is 0 Å². The first-order valence-electron chi connectivity index (χ1n) is 3.88. The fraction of sp³-hybridized carbons (Fsp3) is 0. The molecule has 7 heteroatoms. The molecule has 0 aliphatic heterocycles. The fourth-order valence-corrected chi connectivity index (χ4v) is 1.12. The third-order valence-electron chi connectivity index (χ3n) is 1.65. The van der Waals surface area contributed by atoms with Gasteiger partial charge in [-0.2, -0.15) is 4.98 Å². The van der Waals surface area contributed by atoms with Crippen LogP contribution in [0.5, 0.6) is 0 Å². The number of nitrogens with zero attached hydrogens (tertiary/aromatic N) is 2. The van der Waals surface area contributed by atoms with Gasteiger partial charge in [0.05, 0.1) is 5.52 Å². The topological polar surface area (TPSA) is 130 Å². The summed E-state index contributed by atoms with van der Waals surface area (Å²) in [5.74, 6) is 8.64. The summed E-state index contributed by atoms with van der Waals surface area (Å²) in [6.07, 6.45) is 0. The zero-order chi connectivity index (χ0) is 10.6. The van der Waals surface area contributed by atoms with Crippen molar-refractivity contribution in [3.8, 4) is 0 Å². The van der Waals surface area contributed by atoms with Crippen molar-refractivity contribution >= 4 is 22.7 Å². The number of hydrogen-bond donors (Lipinski definition) is 4. The molecule has 0 saturated heterocycles. The van der Waals surface area contributed by atoms with Crippen LogP contribution >= 0.6 is 0 Å². The summed E-state index contributed by atoms with van der Waals surface area (Å²) in [6, 6.07) is 7.49. The number of rotatable bonds is 0. The maximum atomic E-state index is 5.63. The van der Waals surface area contributed by atoms with Gasteiger partial charge in [0.2, 0.25) is 5.95 Å². The van der Waals surface area contributed by atoms with E-state index in [0.29, 0.717) is 5.82 Å². The molecule has 2 rings (SSSR count). The van der Waals surface area contributed by atoms with Crippen LogP contribution in [-0.4, -0.2) is 9.97 Å². The third kappa shape index (κ3) is 3.12. The molecule has 0 amide bonds. The maximum absolute atomic E-state index is 5.63. The smallest absolute Gasteiger partial charge is 0.222 e. The molecule has 0 unspecified atom stereocenters. The molecule has 0 bridgehead atoms. The SMILES string of the molecule is NN.Nc1nc(N)c2ccccc2n1.[Pt]. The average Bonchev–Trinajstić information content (AvgIpc) is 2.20. The van der Waals surface area contributed by atoms with E-state index in [1.807, 2.05) is 24.3 Å².